The van der Waals surface area contributed by atoms with E-state index in [9.17, 15) is 0 Å². The number of ether oxygens (including phenoxy) is 2. The Bertz CT molecular complexity index is 954. The van der Waals surface area contributed by atoms with Crippen molar-refractivity contribution in [3.63, 3.8) is 0 Å². The van der Waals surface area contributed by atoms with Gasteiger partial charge in [-0.25, -0.2) is 9.98 Å². The molecule has 0 spiro atoms. The number of aliphatic imine (C=N–C) groups is 1. The smallest absolute Gasteiger partial charge is 0.236 e. The summed E-state index contributed by atoms with van der Waals surface area (Å²) in [6, 6.07) is 10.1. The van der Waals surface area contributed by atoms with Gasteiger partial charge in [0.25, 0.3) is 0 Å². The van der Waals surface area contributed by atoms with Crippen molar-refractivity contribution in [3.05, 3.63) is 58.8 Å². The van der Waals surface area contributed by atoms with Gasteiger partial charge >= 0.3 is 0 Å². The molecule has 0 saturated carbocycles. The number of oxazole rings is 1. The topological polar surface area (TPSA) is 80.9 Å². The maximum Gasteiger partial charge on any atom is 0.236 e. The largest absolute Gasteiger partial charge is 0.491 e. The average molecular weight is 443 g/mol. The second-order valence-corrected chi connectivity index (χ2v) is 7.77. The van der Waals surface area contributed by atoms with E-state index in [4.69, 9.17) is 18.9 Å². The van der Waals surface area contributed by atoms with Crippen LogP contribution in [0.1, 0.15) is 30.7 Å². The lowest BCUT2D eigenvalue weighted by molar-refractivity contribution is 0.110. The third-order valence-corrected chi connectivity index (χ3v) is 5.24. The molecule has 0 saturated heterocycles. The Morgan fingerprint density at radius 2 is 2.10 bits per heavy atom. The molecule has 31 heavy (non-hydrogen) atoms. The Morgan fingerprint density at radius 1 is 1.19 bits per heavy atom. The van der Waals surface area contributed by atoms with Gasteiger partial charge in [-0.1, -0.05) is 18.2 Å². The molecule has 0 aliphatic heterocycles. The summed E-state index contributed by atoms with van der Waals surface area (Å²) in [5, 5.41) is 8.59. The quantitative estimate of drug-likeness (QED) is 0.261. The molecule has 2 heterocycles. The predicted molar refractivity (Wildman–Crippen MR) is 125 cm³/mol. The maximum absolute atomic E-state index is 5.92. The SMILES string of the molecule is CCNC(=NCc1ccc(C)cc1OCCOCC)NCc1coc(-c2cccs2)n1. The van der Waals surface area contributed by atoms with E-state index in [2.05, 4.69) is 34.7 Å². The zero-order chi connectivity index (χ0) is 21.9. The van der Waals surface area contributed by atoms with Gasteiger partial charge in [0.05, 0.1) is 30.3 Å². The zero-order valence-electron chi connectivity index (χ0n) is 18.3. The number of nitrogens with zero attached hydrogens (tertiary/aromatic N) is 2. The second kappa shape index (κ2) is 12.1. The zero-order valence-corrected chi connectivity index (χ0v) is 19.1. The molecule has 2 aromatic heterocycles. The van der Waals surface area contributed by atoms with Gasteiger partial charge in [-0.05, 0) is 43.8 Å². The normalized spacial score (nSPS) is 11.5. The Hall–Kier alpha value is -2.84. The molecule has 7 nitrogen and oxygen atoms in total. The van der Waals surface area contributed by atoms with Gasteiger partial charge in [-0.15, -0.1) is 11.3 Å². The Labute approximate surface area is 187 Å². The lowest BCUT2D eigenvalue weighted by atomic mass is 10.1. The van der Waals surface area contributed by atoms with E-state index in [1.165, 1.54) is 0 Å². The van der Waals surface area contributed by atoms with Gasteiger partial charge in [0.2, 0.25) is 5.89 Å². The average Bonchev–Trinajstić information content (AvgIpc) is 3.46. The fraction of sp³-hybridized carbons (Fsp3) is 0.391. The molecule has 0 fully saturated rings. The van der Waals surface area contributed by atoms with Crippen molar-refractivity contribution in [1.29, 1.82) is 0 Å². The first-order chi connectivity index (χ1) is 15.2. The van der Waals surface area contributed by atoms with Crippen LogP contribution in [0.25, 0.3) is 10.8 Å². The summed E-state index contributed by atoms with van der Waals surface area (Å²) in [5.74, 6) is 2.20. The standard InChI is InChI=1S/C23H30N4O3S/c1-4-24-23(26-15-19-16-30-22(27-19)21-7-6-12-31-21)25-14-18-9-8-17(3)13-20(18)29-11-10-28-5-2/h6-9,12-13,16H,4-5,10-11,14-15H2,1-3H3,(H2,24,25,26). The van der Waals surface area contributed by atoms with Crippen molar-refractivity contribution in [2.45, 2.75) is 33.9 Å². The van der Waals surface area contributed by atoms with Crippen molar-refractivity contribution in [1.82, 2.24) is 15.6 Å². The first-order valence-electron chi connectivity index (χ1n) is 10.5. The van der Waals surface area contributed by atoms with Crippen LogP contribution in [0.2, 0.25) is 0 Å². The highest BCUT2D eigenvalue weighted by molar-refractivity contribution is 7.13. The Kier molecular flexibility index (Phi) is 8.93. The molecule has 0 amide bonds. The highest BCUT2D eigenvalue weighted by Crippen LogP contribution is 2.24. The number of aromatic nitrogens is 1. The lowest BCUT2D eigenvalue weighted by Crippen LogP contribution is -2.36. The summed E-state index contributed by atoms with van der Waals surface area (Å²) in [6.45, 7) is 9.62. The number of thiophene rings is 1. The van der Waals surface area contributed by atoms with Crippen LogP contribution in [0.3, 0.4) is 0 Å². The molecule has 0 aliphatic carbocycles. The van der Waals surface area contributed by atoms with Crippen molar-refractivity contribution >= 4 is 17.3 Å². The number of hydrogen-bond donors (Lipinski definition) is 2. The van der Waals surface area contributed by atoms with E-state index in [0.717, 1.165) is 34.0 Å². The monoisotopic (exact) mass is 442 g/mol. The summed E-state index contributed by atoms with van der Waals surface area (Å²) in [5.41, 5.74) is 3.00. The maximum atomic E-state index is 5.92. The summed E-state index contributed by atoms with van der Waals surface area (Å²) < 4.78 is 16.9. The molecule has 0 unspecified atom stereocenters. The van der Waals surface area contributed by atoms with Crippen LogP contribution in [0.4, 0.5) is 0 Å². The molecule has 3 aromatic rings. The molecular formula is C23H30N4O3S. The van der Waals surface area contributed by atoms with Crippen LogP contribution in [0.15, 0.2) is 51.4 Å². The molecule has 1 aromatic carbocycles. The summed E-state index contributed by atoms with van der Waals surface area (Å²) in [4.78, 5) is 10.3. The number of rotatable bonds is 11. The molecule has 0 atom stereocenters. The fourth-order valence-electron chi connectivity index (χ4n) is 2.86. The van der Waals surface area contributed by atoms with Crippen LogP contribution in [0, 0.1) is 6.92 Å². The number of nitrogens with one attached hydrogen (secondary N) is 2. The highest BCUT2D eigenvalue weighted by Gasteiger charge is 2.09. The van der Waals surface area contributed by atoms with Gasteiger partial charge in [-0.2, -0.15) is 0 Å². The molecule has 0 bridgehead atoms. The molecule has 166 valence electrons. The molecular weight excluding hydrogens is 412 g/mol. The summed E-state index contributed by atoms with van der Waals surface area (Å²) in [6.07, 6.45) is 1.68. The van der Waals surface area contributed by atoms with Gasteiger partial charge < -0.3 is 24.5 Å². The number of aryl methyl sites for hydroxylation is 1. The predicted octanol–water partition coefficient (Wildman–Crippen LogP) is 4.38. The third-order valence-electron chi connectivity index (χ3n) is 4.38. The van der Waals surface area contributed by atoms with E-state index in [1.807, 2.05) is 37.4 Å². The Morgan fingerprint density at radius 3 is 2.87 bits per heavy atom. The third kappa shape index (κ3) is 7.11. The van der Waals surface area contributed by atoms with Crippen LogP contribution in [-0.2, 0) is 17.8 Å². The summed E-state index contributed by atoms with van der Waals surface area (Å²) in [7, 11) is 0. The lowest BCUT2D eigenvalue weighted by Gasteiger charge is -2.13. The van der Waals surface area contributed by atoms with Crippen LogP contribution < -0.4 is 15.4 Å². The van der Waals surface area contributed by atoms with Crippen molar-refractivity contribution in [3.8, 4) is 16.5 Å². The van der Waals surface area contributed by atoms with Crippen molar-refractivity contribution < 1.29 is 13.9 Å². The first kappa shape index (κ1) is 22.8. The summed E-state index contributed by atoms with van der Waals surface area (Å²) >= 11 is 1.61. The highest BCUT2D eigenvalue weighted by atomic mass is 32.1. The van der Waals surface area contributed by atoms with Crippen LogP contribution >= 0.6 is 11.3 Å². The molecule has 2 N–H and O–H groups in total. The fourth-order valence-corrected chi connectivity index (χ4v) is 3.52. The minimum atomic E-state index is 0.499. The van der Waals surface area contributed by atoms with Gasteiger partial charge in [0.1, 0.15) is 18.6 Å². The second-order valence-electron chi connectivity index (χ2n) is 6.83. The van der Waals surface area contributed by atoms with Crippen molar-refractivity contribution in [2.24, 2.45) is 4.99 Å². The van der Waals surface area contributed by atoms with E-state index in [-0.39, 0.29) is 0 Å². The molecule has 0 radical (unpaired) electrons. The van der Waals surface area contributed by atoms with Gasteiger partial charge in [0.15, 0.2) is 5.96 Å². The van der Waals surface area contributed by atoms with Crippen LogP contribution in [-0.4, -0.2) is 37.3 Å². The first-order valence-corrected chi connectivity index (χ1v) is 11.4. The van der Waals surface area contributed by atoms with Crippen LogP contribution in [0.5, 0.6) is 5.75 Å². The van der Waals surface area contributed by atoms with E-state index >= 15 is 0 Å². The van der Waals surface area contributed by atoms with E-state index in [1.54, 1.807) is 17.6 Å². The number of hydrogen-bond acceptors (Lipinski definition) is 6. The molecule has 0 aliphatic rings. The number of benzene rings is 1. The number of guanidine groups is 1. The van der Waals surface area contributed by atoms with E-state index in [0.29, 0.717) is 44.8 Å². The Balaban J connectivity index is 1.61. The van der Waals surface area contributed by atoms with Gasteiger partial charge in [0, 0.05) is 18.7 Å². The van der Waals surface area contributed by atoms with Crippen molar-refractivity contribution in [2.75, 3.05) is 26.4 Å². The molecule has 8 heteroatoms. The van der Waals surface area contributed by atoms with E-state index < -0.39 is 0 Å². The van der Waals surface area contributed by atoms with Gasteiger partial charge in [-0.3, -0.25) is 0 Å². The molecule has 3 rings (SSSR count). The minimum Gasteiger partial charge on any atom is -0.491 e. The minimum absolute atomic E-state index is 0.499.